The molecule has 27 heavy (non-hydrogen) atoms. The molecule has 0 aliphatic carbocycles. The van der Waals surface area contributed by atoms with Gasteiger partial charge >= 0.3 is 0 Å². The third-order valence-corrected chi connectivity index (χ3v) is 7.37. The molecule has 2 aromatic rings. The van der Waals surface area contributed by atoms with Gasteiger partial charge in [0, 0.05) is 5.25 Å². The molecule has 0 saturated carbocycles. The van der Waals surface area contributed by atoms with E-state index < -0.39 is 22.0 Å². The van der Waals surface area contributed by atoms with Crippen molar-refractivity contribution in [2.75, 3.05) is 21.9 Å². The Labute approximate surface area is 166 Å². The molecule has 1 aromatic heterocycles. The highest BCUT2D eigenvalue weighted by atomic mass is 32.2. The molecule has 11 heteroatoms. The van der Waals surface area contributed by atoms with Crippen LogP contribution >= 0.6 is 23.1 Å². The van der Waals surface area contributed by atoms with E-state index in [2.05, 4.69) is 15.5 Å². The first-order valence-electron chi connectivity index (χ1n) is 8.37. The minimum absolute atomic E-state index is 0.0676. The number of hydrogen-bond donors (Lipinski definition) is 1. The van der Waals surface area contributed by atoms with Gasteiger partial charge in [0.2, 0.25) is 15.2 Å². The van der Waals surface area contributed by atoms with Crippen LogP contribution < -0.4 is 14.4 Å². The molecular formula is C16H20N4O4S3. The lowest BCUT2D eigenvalue weighted by molar-refractivity contribution is -0.122. The maximum absolute atomic E-state index is 12.6. The molecule has 0 fully saturated rings. The van der Waals surface area contributed by atoms with Crippen molar-refractivity contribution in [3.63, 3.8) is 0 Å². The molecule has 0 spiro atoms. The number of ether oxygens (including phenoxy) is 1. The van der Waals surface area contributed by atoms with E-state index in [0.29, 0.717) is 21.8 Å². The summed E-state index contributed by atoms with van der Waals surface area (Å²) in [5.41, 5.74) is 0.440. The molecule has 1 amide bonds. The fourth-order valence-corrected chi connectivity index (χ4v) is 5.56. The fourth-order valence-electron chi connectivity index (χ4n) is 2.45. The standard InChI is InChI=1S/C16H20N4O4S3/c1-4-27(22,23)20-9-13(24-12-8-6-5-7-11(12)20)14(21)17-15-18-19-16(26-15)25-10(2)3/h5-8,10,13H,4,9H2,1-3H3,(H,17,18,21)/t13-/m1/s1. The normalized spacial score (nSPS) is 16.7. The summed E-state index contributed by atoms with van der Waals surface area (Å²) in [7, 11) is -3.54. The van der Waals surface area contributed by atoms with Crippen molar-refractivity contribution in [1.82, 2.24) is 10.2 Å². The van der Waals surface area contributed by atoms with E-state index in [1.807, 2.05) is 13.8 Å². The number of fused-ring (bicyclic) bond motifs is 1. The van der Waals surface area contributed by atoms with E-state index >= 15 is 0 Å². The van der Waals surface area contributed by atoms with E-state index in [1.54, 1.807) is 43.0 Å². The van der Waals surface area contributed by atoms with Crippen molar-refractivity contribution in [1.29, 1.82) is 0 Å². The maximum atomic E-state index is 12.6. The summed E-state index contributed by atoms with van der Waals surface area (Å²) < 4.78 is 32.7. The molecule has 0 saturated heterocycles. The summed E-state index contributed by atoms with van der Waals surface area (Å²) in [5, 5.41) is 11.4. The molecule has 146 valence electrons. The molecule has 3 rings (SSSR count). The van der Waals surface area contributed by atoms with Gasteiger partial charge in [-0.2, -0.15) is 0 Å². The van der Waals surface area contributed by atoms with Gasteiger partial charge in [-0.3, -0.25) is 14.4 Å². The molecule has 1 atom stereocenters. The molecule has 8 nitrogen and oxygen atoms in total. The number of carbonyl (C=O) groups excluding carboxylic acids is 1. The Hall–Kier alpha value is -1.85. The van der Waals surface area contributed by atoms with Crippen molar-refractivity contribution in [2.45, 2.75) is 36.5 Å². The number of aromatic nitrogens is 2. The van der Waals surface area contributed by atoms with Crippen LogP contribution in [0.15, 0.2) is 28.6 Å². The van der Waals surface area contributed by atoms with Gasteiger partial charge in [0.1, 0.15) is 5.75 Å². The second kappa shape index (κ2) is 8.03. The van der Waals surface area contributed by atoms with Gasteiger partial charge in [-0.1, -0.05) is 49.1 Å². The second-order valence-corrected chi connectivity index (χ2v) is 11.0. The molecule has 1 aromatic carbocycles. The first-order chi connectivity index (χ1) is 12.8. The number of para-hydroxylation sites is 2. The molecular weight excluding hydrogens is 408 g/mol. The van der Waals surface area contributed by atoms with Crippen LogP contribution in [0.2, 0.25) is 0 Å². The van der Waals surface area contributed by atoms with Crippen molar-refractivity contribution in [3.8, 4) is 5.75 Å². The Kier molecular flexibility index (Phi) is 5.92. The van der Waals surface area contributed by atoms with E-state index in [0.717, 1.165) is 4.34 Å². The van der Waals surface area contributed by atoms with Gasteiger partial charge in [0.25, 0.3) is 5.91 Å². The third-order valence-electron chi connectivity index (χ3n) is 3.70. The van der Waals surface area contributed by atoms with Crippen LogP contribution in [0.25, 0.3) is 0 Å². The molecule has 1 N–H and O–H groups in total. The molecule has 0 radical (unpaired) electrons. The minimum atomic E-state index is -3.54. The number of carbonyl (C=O) groups is 1. The van der Waals surface area contributed by atoms with E-state index in [1.165, 1.54) is 15.6 Å². The van der Waals surface area contributed by atoms with Gasteiger partial charge in [-0.25, -0.2) is 8.42 Å². The highest BCUT2D eigenvalue weighted by Crippen LogP contribution is 2.35. The molecule has 0 bridgehead atoms. The van der Waals surface area contributed by atoms with Crippen LogP contribution in [0.1, 0.15) is 20.8 Å². The number of benzene rings is 1. The minimum Gasteiger partial charge on any atom is -0.476 e. The smallest absolute Gasteiger partial charge is 0.269 e. The Morgan fingerprint density at radius 2 is 2.15 bits per heavy atom. The van der Waals surface area contributed by atoms with Crippen molar-refractivity contribution in [2.24, 2.45) is 0 Å². The van der Waals surface area contributed by atoms with Crippen LogP contribution in [0.3, 0.4) is 0 Å². The zero-order valence-electron chi connectivity index (χ0n) is 15.1. The van der Waals surface area contributed by atoms with Crippen LogP contribution in [-0.4, -0.2) is 48.2 Å². The molecule has 2 heterocycles. The van der Waals surface area contributed by atoms with Crippen molar-refractivity contribution >= 4 is 49.8 Å². The number of amides is 1. The highest BCUT2D eigenvalue weighted by Gasteiger charge is 2.36. The lowest BCUT2D eigenvalue weighted by atomic mass is 10.2. The molecule has 0 unspecified atom stereocenters. The number of sulfonamides is 1. The number of thioether (sulfide) groups is 1. The average Bonchev–Trinajstić information content (AvgIpc) is 3.06. The lowest BCUT2D eigenvalue weighted by Crippen LogP contribution is -2.49. The van der Waals surface area contributed by atoms with Crippen molar-refractivity contribution < 1.29 is 17.9 Å². The average molecular weight is 429 g/mol. The van der Waals surface area contributed by atoms with Crippen LogP contribution in [-0.2, 0) is 14.8 Å². The van der Waals surface area contributed by atoms with Crippen LogP contribution in [0, 0.1) is 0 Å². The Balaban J connectivity index is 1.79. The van der Waals surface area contributed by atoms with Gasteiger partial charge in [-0.15, -0.1) is 10.2 Å². The predicted molar refractivity (Wildman–Crippen MR) is 107 cm³/mol. The zero-order chi connectivity index (χ0) is 19.6. The van der Waals surface area contributed by atoms with E-state index in [9.17, 15) is 13.2 Å². The largest absolute Gasteiger partial charge is 0.476 e. The number of anilines is 2. The summed E-state index contributed by atoms with van der Waals surface area (Å²) in [5.74, 6) is -0.172. The Bertz CT molecular complexity index is 929. The SMILES string of the molecule is CCS(=O)(=O)N1C[C@H](C(=O)Nc2nnc(SC(C)C)s2)Oc2ccccc21. The topological polar surface area (TPSA) is 101 Å². The monoisotopic (exact) mass is 428 g/mol. The maximum Gasteiger partial charge on any atom is 0.269 e. The first-order valence-corrected chi connectivity index (χ1v) is 11.7. The van der Waals surface area contributed by atoms with Crippen LogP contribution in [0.5, 0.6) is 5.75 Å². The van der Waals surface area contributed by atoms with Crippen LogP contribution in [0.4, 0.5) is 10.8 Å². The predicted octanol–water partition coefficient (Wildman–Crippen LogP) is 2.59. The van der Waals surface area contributed by atoms with Gasteiger partial charge in [0.05, 0.1) is 18.0 Å². The second-order valence-electron chi connectivity index (χ2n) is 6.03. The number of nitrogens with one attached hydrogen (secondary N) is 1. The van der Waals surface area contributed by atoms with E-state index in [4.69, 9.17) is 4.74 Å². The number of rotatable bonds is 6. The lowest BCUT2D eigenvalue weighted by Gasteiger charge is -2.34. The summed E-state index contributed by atoms with van der Waals surface area (Å²) in [4.78, 5) is 12.6. The number of nitrogens with zero attached hydrogens (tertiary/aromatic N) is 3. The zero-order valence-corrected chi connectivity index (χ0v) is 17.5. The summed E-state index contributed by atoms with van der Waals surface area (Å²) in [6.45, 7) is 5.56. The Morgan fingerprint density at radius 3 is 2.85 bits per heavy atom. The first kappa shape index (κ1) is 19.9. The molecule has 1 aliphatic heterocycles. The van der Waals surface area contributed by atoms with Crippen molar-refractivity contribution in [3.05, 3.63) is 24.3 Å². The summed E-state index contributed by atoms with van der Waals surface area (Å²) in [6.07, 6.45) is -0.980. The summed E-state index contributed by atoms with van der Waals surface area (Å²) in [6, 6.07) is 6.78. The third kappa shape index (κ3) is 4.53. The molecule has 1 aliphatic rings. The quantitative estimate of drug-likeness (QED) is 0.557. The Morgan fingerprint density at radius 1 is 1.41 bits per heavy atom. The number of hydrogen-bond acceptors (Lipinski definition) is 8. The van der Waals surface area contributed by atoms with Gasteiger partial charge in [0.15, 0.2) is 10.4 Å². The highest BCUT2D eigenvalue weighted by molar-refractivity contribution is 8.01. The summed E-state index contributed by atoms with van der Waals surface area (Å²) >= 11 is 2.83. The van der Waals surface area contributed by atoms with Gasteiger partial charge in [-0.05, 0) is 19.1 Å². The van der Waals surface area contributed by atoms with Gasteiger partial charge < -0.3 is 4.74 Å². The fraction of sp³-hybridized carbons (Fsp3) is 0.438. The van der Waals surface area contributed by atoms with E-state index in [-0.39, 0.29) is 12.3 Å².